The highest BCUT2D eigenvalue weighted by molar-refractivity contribution is 5.94. The molecular weight excluding hydrogens is 372 g/mol. The maximum Gasteiger partial charge on any atom is 0.509 e. The maximum atomic E-state index is 12.5. The molecule has 160 valence electrons. The van der Waals surface area contributed by atoms with Crippen molar-refractivity contribution in [3.05, 3.63) is 29.5 Å². The van der Waals surface area contributed by atoms with Crippen molar-refractivity contribution >= 4 is 11.9 Å². The molecule has 2 unspecified atom stereocenters. The zero-order valence-electron chi connectivity index (χ0n) is 18.1. The van der Waals surface area contributed by atoms with Gasteiger partial charge in [-0.1, -0.05) is 24.0 Å². The molecule has 3 atom stereocenters. The number of methoxy groups -OCH3 is 2. The van der Waals surface area contributed by atoms with Gasteiger partial charge in [-0.15, -0.1) is 5.73 Å². The highest BCUT2D eigenvalue weighted by atomic mass is 16.7. The number of hydrogen-bond donors (Lipinski definition) is 0. The van der Waals surface area contributed by atoms with Gasteiger partial charge in [0.25, 0.3) is 0 Å². The number of allylic oxidation sites excluding steroid dienone is 1. The number of hydrogen-bond acceptors (Lipinski definition) is 6. The van der Waals surface area contributed by atoms with E-state index in [1.54, 1.807) is 13.0 Å². The van der Waals surface area contributed by atoms with Crippen LogP contribution < -0.4 is 0 Å². The molecule has 0 saturated heterocycles. The van der Waals surface area contributed by atoms with Crippen molar-refractivity contribution in [1.29, 1.82) is 0 Å². The Morgan fingerprint density at radius 1 is 1.38 bits per heavy atom. The van der Waals surface area contributed by atoms with Crippen molar-refractivity contribution in [2.75, 3.05) is 21.0 Å². The molecule has 6 nitrogen and oxygen atoms in total. The highest BCUT2D eigenvalue weighted by Gasteiger charge is 2.30. The van der Waals surface area contributed by atoms with E-state index in [2.05, 4.69) is 28.9 Å². The summed E-state index contributed by atoms with van der Waals surface area (Å²) in [5.74, 6) is 6.17. The Bertz CT molecular complexity index is 719. The monoisotopic (exact) mass is 404 g/mol. The predicted molar refractivity (Wildman–Crippen MR) is 110 cm³/mol. The van der Waals surface area contributed by atoms with Crippen LogP contribution >= 0.6 is 0 Å². The molecule has 0 aromatic heterocycles. The van der Waals surface area contributed by atoms with E-state index < -0.39 is 17.9 Å². The first kappa shape index (κ1) is 24.7. The Hall–Kier alpha value is -2.32. The van der Waals surface area contributed by atoms with Gasteiger partial charge in [0.1, 0.15) is 6.79 Å². The van der Waals surface area contributed by atoms with Crippen LogP contribution in [-0.4, -0.2) is 44.7 Å². The molecule has 0 radical (unpaired) electrons. The molecule has 0 aromatic rings. The summed E-state index contributed by atoms with van der Waals surface area (Å²) in [5, 5.41) is 0. The number of ketones is 1. The van der Waals surface area contributed by atoms with Gasteiger partial charge in [0, 0.05) is 38.4 Å². The Morgan fingerprint density at radius 2 is 2.10 bits per heavy atom. The fourth-order valence-electron chi connectivity index (χ4n) is 2.91. The van der Waals surface area contributed by atoms with E-state index in [-0.39, 0.29) is 18.5 Å². The molecule has 1 aliphatic rings. The van der Waals surface area contributed by atoms with E-state index in [0.717, 1.165) is 5.57 Å². The molecule has 0 N–H and O–H groups in total. The Balaban J connectivity index is 3.23. The van der Waals surface area contributed by atoms with Crippen molar-refractivity contribution in [3.63, 3.8) is 0 Å². The van der Waals surface area contributed by atoms with Gasteiger partial charge < -0.3 is 18.9 Å². The first-order valence-electron chi connectivity index (χ1n) is 9.67. The zero-order valence-corrected chi connectivity index (χ0v) is 18.1. The van der Waals surface area contributed by atoms with Gasteiger partial charge in [0.05, 0.1) is 12.7 Å². The minimum Gasteiger partial charge on any atom is -0.438 e. The summed E-state index contributed by atoms with van der Waals surface area (Å²) in [6.07, 6.45) is 2.66. The fraction of sp³-hybridized carbons (Fsp3) is 0.609. The molecule has 0 aliphatic heterocycles. The Morgan fingerprint density at radius 3 is 2.72 bits per heavy atom. The molecule has 29 heavy (non-hydrogen) atoms. The lowest BCUT2D eigenvalue weighted by Gasteiger charge is -2.30. The largest absolute Gasteiger partial charge is 0.509 e. The lowest BCUT2D eigenvalue weighted by molar-refractivity contribution is -0.133. The molecular formula is C23H32O6. The fourth-order valence-corrected chi connectivity index (χ4v) is 2.91. The normalized spacial score (nSPS) is 25.8. The topological polar surface area (TPSA) is 71.1 Å². The average molecular weight is 405 g/mol. The second kappa shape index (κ2) is 12.3. The van der Waals surface area contributed by atoms with Crippen molar-refractivity contribution < 1.29 is 28.5 Å². The van der Waals surface area contributed by atoms with Crippen molar-refractivity contribution in [2.45, 2.75) is 64.6 Å². The quantitative estimate of drug-likeness (QED) is 0.223. The molecule has 0 fully saturated rings. The van der Waals surface area contributed by atoms with Crippen molar-refractivity contribution in [3.8, 4) is 11.8 Å². The van der Waals surface area contributed by atoms with Crippen LogP contribution in [-0.2, 0) is 23.7 Å². The van der Waals surface area contributed by atoms with Crippen LogP contribution in [0, 0.1) is 17.8 Å². The first-order chi connectivity index (χ1) is 13.7. The van der Waals surface area contributed by atoms with Crippen LogP contribution in [0.1, 0.15) is 52.9 Å². The summed E-state index contributed by atoms with van der Waals surface area (Å²) < 4.78 is 20.8. The summed E-state index contributed by atoms with van der Waals surface area (Å²) in [7, 11) is 2.79. The number of carbonyl (C=O) groups is 2. The third-order valence-electron chi connectivity index (χ3n) is 4.83. The minimum absolute atomic E-state index is 0.0469. The maximum absolute atomic E-state index is 12.5. The summed E-state index contributed by atoms with van der Waals surface area (Å²) in [6.45, 7) is 9.63. The molecule has 0 spiro atoms. The van der Waals surface area contributed by atoms with Gasteiger partial charge in [-0.2, -0.15) is 0 Å². The van der Waals surface area contributed by atoms with Gasteiger partial charge in [-0.3, -0.25) is 4.79 Å². The molecule has 6 heteroatoms. The second-order valence-corrected chi connectivity index (χ2v) is 7.47. The SMILES string of the molecule is C=C(C)[C@H]1CCC#CC(OC(=O)OC)CC(C)(OCOC)CC=C=C(C)C(=O)C1. The van der Waals surface area contributed by atoms with E-state index in [9.17, 15) is 9.59 Å². The van der Waals surface area contributed by atoms with Crippen molar-refractivity contribution in [2.24, 2.45) is 5.92 Å². The molecule has 1 rings (SSSR count). The number of rotatable bonds is 5. The molecule has 0 aromatic carbocycles. The van der Waals surface area contributed by atoms with Gasteiger partial charge >= 0.3 is 6.16 Å². The second-order valence-electron chi connectivity index (χ2n) is 7.47. The third-order valence-corrected chi connectivity index (χ3v) is 4.83. The van der Waals surface area contributed by atoms with E-state index in [4.69, 9.17) is 14.2 Å². The van der Waals surface area contributed by atoms with E-state index in [1.807, 2.05) is 13.8 Å². The van der Waals surface area contributed by atoms with Crippen LogP contribution in [0.5, 0.6) is 0 Å². The third kappa shape index (κ3) is 9.15. The zero-order chi connectivity index (χ0) is 21.9. The smallest absolute Gasteiger partial charge is 0.438 e. The van der Waals surface area contributed by atoms with Crippen LogP contribution in [0.4, 0.5) is 4.79 Å². The summed E-state index contributed by atoms with van der Waals surface area (Å²) >= 11 is 0. The highest BCUT2D eigenvalue weighted by Crippen LogP contribution is 2.26. The predicted octanol–water partition coefficient (Wildman–Crippen LogP) is 4.35. The standard InChI is InChI=1S/C23H32O6/c1-17(2)19-11-7-8-12-20(29-22(25)27-6)15-23(4,28-16-26-5)13-9-10-18(3)21(24)14-19/h9,19-20H,1,7,11,13-16H2,2-6H3/t10?,19-,20?,23?/m0/s1. The number of Topliss-reactive ketones (excluding diaryl/α,β-unsaturated/α-hetero) is 1. The molecule has 0 saturated carbocycles. The summed E-state index contributed by atoms with van der Waals surface area (Å²) in [4.78, 5) is 24.2. The van der Waals surface area contributed by atoms with Gasteiger partial charge in [-0.05, 0) is 39.2 Å². The van der Waals surface area contributed by atoms with E-state index >= 15 is 0 Å². The van der Waals surface area contributed by atoms with Crippen LogP contribution in [0.25, 0.3) is 0 Å². The molecule has 0 bridgehead atoms. The van der Waals surface area contributed by atoms with Crippen LogP contribution in [0.3, 0.4) is 0 Å². The van der Waals surface area contributed by atoms with Gasteiger partial charge in [0.2, 0.25) is 0 Å². The van der Waals surface area contributed by atoms with E-state index in [1.165, 1.54) is 14.2 Å². The lowest BCUT2D eigenvalue weighted by Crippen LogP contribution is -2.35. The van der Waals surface area contributed by atoms with Crippen LogP contribution in [0.15, 0.2) is 29.5 Å². The number of ether oxygens (including phenoxy) is 4. The Kier molecular flexibility index (Phi) is 10.5. The minimum atomic E-state index is -0.795. The van der Waals surface area contributed by atoms with Gasteiger partial charge in [-0.25, -0.2) is 4.79 Å². The van der Waals surface area contributed by atoms with Crippen LogP contribution in [0.2, 0.25) is 0 Å². The lowest BCUT2D eigenvalue weighted by atomic mass is 9.89. The Labute approximate surface area is 173 Å². The van der Waals surface area contributed by atoms with Crippen molar-refractivity contribution in [1.82, 2.24) is 0 Å². The summed E-state index contributed by atoms with van der Waals surface area (Å²) in [6, 6.07) is 0. The van der Waals surface area contributed by atoms with E-state index in [0.29, 0.717) is 37.7 Å². The molecule has 0 amide bonds. The average Bonchev–Trinajstić information content (AvgIpc) is 2.67. The number of carbonyl (C=O) groups excluding carboxylic acids is 2. The first-order valence-corrected chi connectivity index (χ1v) is 9.67. The summed E-state index contributed by atoms with van der Waals surface area (Å²) in [5.41, 5.74) is 3.85. The van der Waals surface area contributed by atoms with Gasteiger partial charge in [0.15, 0.2) is 11.9 Å². The molecule has 0 heterocycles. The molecule has 1 aliphatic carbocycles.